The van der Waals surface area contributed by atoms with Crippen LogP contribution in [0.5, 0.6) is 0 Å². The van der Waals surface area contributed by atoms with E-state index in [1.54, 1.807) is 17.2 Å². The van der Waals surface area contributed by atoms with Crippen molar-refractivity contribution in [1.82, 2.24) is 34.6 Å². The molecule has 10 nitrogen and oxygen atoms in total. The molecule has 0 bridgehead atoms. The number of carbonyl (C=O) groups is 1. The lowest BCUT2D eigenvalue weighted by Gasteiger charge is -2.32. The summed E-state index contributed by atoms with van der Waals surface area (Å²) in [6.07, 6.45) is 5.48. The average molecular weight is 554 g/mol. The van der Waals surface area contributed by atoms with Crippen LogP contribution in [-0.2, 0) is 11.8 Å². The van der Waals surface area contributed by atoms with Crippen molar-refractivity contribution in [2.45, 2.75) is 46.5 Å². The molecule has 0 aliphatic carbocycles. The van der Waals surface area contributed by atoms with Crippen molar-refractivity contribution in [2.24, 2.45) is 0 Å². The highest BCUT2D eigenvalue weighted by Crippen LogP contribution is 2.26. The molecule has 4 aromatic rings. The molecule has 0 atom stereocenters. The van der Waals surface area contributed by atoms with Gasteiger partial charge in [-0.05, 0) is 49.1 Å². The lowest BCUT2D eigenvalue weighted by molar-refractivity contribution is 0.0993. The SMILES string of the molecule is Cc1cc(Nc2cc(C(=O)Cc3cncc(C(C)(C)C)c3)ccc2C)n(-c2cc(NN3CCN(C)CC3)ncn2)n1. The summed E-state index contributed by atoms with van der Waals surface area (Å²) in [5.74, 6) is 2.15. The molecule has 10 heteroatoms. The van der Waals surface area contributed by atoms with Gasteiger partial charge in [0.2, 0.25) is 0 Å². The van der Waals surface area contributed by atoms with Gasteiger partial charge in [0.25, 0.3) is 0 Å². The Morgan fingerprint density at radius 1 is 0.976 bits per heavy atom. The van der Waals surface area contributed by atoms with Gasteiger partial charge in [-0.1, -0.05) is 39.0 Å². The first-order valence-electron chi connectivity index (χ1n) is 14.0. The summed E-state index contributed by atoms with van der Waals surface area (Å²) in [5.41, 5.74) is 8.74. The summed E-state index contributed by atoms with van der Waals surface area (Å²) >= 11 is 0. The maximum absolute atomic E-state index is 13.3. The highest BCUT2D eigenvalue weighted by molar-refractivity contribution is 5.98. The van der Waals surface area contributed by atoms with E-state index in [2.05, 4.69) is 74.6 Å². The number of likely N-dealkylation sites (N-methyl/N-ethyl adjacent to an activating group) is 1. The van der Waals surface area contributed by atoms with Crippen molar-refractivity contribution < 1.29 is 4.79 Å². The Hall–Kier alpha value is -4.15. The quantitative estimate of drug-likeness (QED) is 0.300. The van der Waals surface area contributed by atoms with E-state index < -0.39 is 0 Å². The van der Waals surface area contributed by atoms with E-state index in [-0.39, 0.29) is 11.2 Å². The minimum absolute atomic E-state index is 0.0286. The molecule has 0 radical (unpaired) electrons. The molecule has 0 unspecified atom stereocenters. The van der Waals surface area contributed by atoms with E-state index in [9.17, 15) is 4.79 Å². The molecule has 4 heterocycles. The van der Waals surface area contributed by atoms with Crippen molar-refractivity contribution in [3.05, 3.63) is 83.1 Å². The number of benzene rings is 1. The van der Waals surface area contributed by atoms with Crippen LogP contribution in [0.2, 0.25) is 0 Å². The van der Waals surface area contributed by atoms with E-state index >= 15 is 0 Å². The van der Waals surface area contributed by atoms with Gasteiger partial charge in [-0.25, -0.2) is 15.0 Å². The number of nitrogens with one attached hydrogen (secondary N) is 2. The number of nitrogens with zero attached hydrogens (tertiary/aromatic N) is 7. The van der Waals surface area contributed by atoms with Gasteiger partial charge >= 0.3 is 0 Å². The molecule has 41 heavy (non-hydrogen) atoms. The van der Waals surface area contributed by atoms with E-state index in [0.29, 0.717) is 23.6 Å². The Labute approximate surface area is 241 Å². The van der Waals surface area contributed by atoms with Gasteiger partial charge < -0.3 is 15.6 Å². The normalized spacial score (nSPS) is 14.7. The number of pyridine rings is 1. The number of Topliss-reactive ketones (excluding diaryl/α,β-unsaturated/α-hetero) is 1. The lowest BCUT2D eigenvalue weighted by Crippen LogP contribution is -2.47. The smallest absolute Gasteiger partial charge is 0.167 e. The third-order valence-electron chi connectivity index (χ3n) is 7.32. The maximum atomic E-state index is 13.3. The first-order valence-corrected chi connectivity index (χ1v) is 14.0. The molecule has 0 amide bonds. The van der Waals surface area contributed by atoms with E-state index in [4.69, 9.17) is 0 Å². The highest BCUT2D eigenvalue weighted by Gasteiger charge is 2.18. The molecule has 1 aliphatic rings. The zero-order valence-corrected chi connectivity index (χ0v) is 24.8. The summed E-state index contributed by atoms with van der Waals surface area (Å²) in [6, 6.07) is 11.7. The van der Waals surface area contributed by atoms with Crippen LogP contribution in [0.1, 0.15) is 53.5 Å². The summed E-state index contributed by atoms with van der Waals surface area (Å²) in [6.45, 7) is 14.2. The van der Waals surface area contributed by atoms with Crippen molar-refractivity contribution in [3.8, 4) is 5.82 Å². The number of piperazine rings is 1. The highest BCUT2D eigenvalue weighted by atomic mass is 16.1. The summed E-state index contributed by atoms with van der Waals surface area (Å²) < 4.78 is 1.77. The molecule has 1 saturated heterocycles. The molecular formula is C31H39N9O. The number of carbonyl (C=O) groups excluding carboxylic acids is 1. The fourth-order valence-corrected chi connectivity index (χ4v) is 4.72. The first-order chi connectivity index (χ1) is 19.5. The van der Waals surface area contributed by atoms with Crippen molar-refractivity contribution in [3.63, 3.8) is 0 Å². The third kappa shape index (κ3) is 6.96. The summed E-state index contributed by atoms with van der Waals surface area (Å²) in [4.78, 5) is 28.9. The van der Waals surface area contributed by atoms with Gasteiger partial charge in [-0.3, -0.25) is 9.78 Å². The van der Waals surface area contributed by atoms with E-state index in [0.717, 1.165) is 60.1 Å². The third-order valence-corrected chi connectivity index (χ3v) is 7.32. The second-order valence-corrected chi connectivity index (χ2v) is 11.8. The zero-order valence-electron chi connectivity index (χ0n) is 24.8. The Balaban J connectivity index is 1.35. The van der Waals surface area contributed by atoms with Crippen LogP contribution in [0.4, 0.5) is 17.3 Å². The van der Waals surface area contributed by atoms with Crippen molar-refractivity contribution in [2.75, 3.05) is 44.0 Å². The van der Waals surface area contributed by atoms with Crippen LogP contribution < -0.4 is 10.7 Å². The summed E-state index contributed by atoms with van der Waals surface area (Å²) in [5, 5.41) is 10.3. The topological polar surface area (TPSA) is 104 Å². The van der Waals surface area contributed by atoms with Gasteiger partial charge in [0.05, 0.1) is 5.69 Å². The Bertz CT molecular complexity index is 1530. The van der Waals surface area contributed by atoms with Gasteiger partial charge in [0.1, 0.15) is 18.0 Å². The molecule has 2 N–H and O–H groups in total. The number of anilines is 3. The van der Waals surface area contributed by atoms with Crippen molar-refractivity contribution >= 4 is 23.1 Å². The first kappa shape index (κ1) is 28.4. The number of hydrazine groups is 1. The van der Waals surface area contributed by atoms with Gasteiger partial charge in [-0.2, -0.15) is 9.78 Å². The van der Waals surface area contributed by atoms with Gasteiger partial charge in [-0.15, -0.1) is 0 Å². The molecule has 1 aliphatic heterocycles. The number of aryl methyl sites for hydroxylation is 2. The lowest BCUT2D eigenvalue weighted by atomic mass is 9.87. The van der Waals surface area contributed by atoms with Crippen LogP contribution in [0.3, 0.4) is 0 Å². The van der Waals surface area contributed by atoms with Gasteiger partial charge in [0, 0.05) is 68.4 Å². The Morgan fingerprint density at radius 2 is 1.76 bits per heavy atom. The van der Waals surface area contributed by atoms with Crippen LogP contribution in [0.25, 0.3) is 5.82 Å². The molecule has 0 saturated carbocycles. The maximum Gasteiger partial charge on any atom is 0.167 e. The van der Waals surface area contributed by atoms with Crippen molar-refractivity contribution in [1.29, 1.82) is 0 Å². The Kier molecular flexibility index (Phi) is 8.14. The molecule has 5 rings (SSSR count). The van der Waals surface area contributed by atoms with Crippen LogP contribution in [-0.4, -0.2) is 73.7 Å². The molecule has 214 valence electrons. The van der Waals surface area contributed by atoms with E-state index in [1.807, 2.05) is 50.4 Å². The molecule has 1 aromatic carbocycles. The minimum atomic E-state index is -0.0286. The monoisotopic (exact) mass is 553 g/mol. The fourth-order valence-electron chi connectivity index (χ4n) is 4.72. The number of hydrogen-bond donors (Lipinski definition) is 2. The van der Waals surface area contributed by atoms with Gasteiger partial charge in [0.15, 0.2) is 11.6 Å². The zero-order chi connectivity index (χ0) is 29.1. The fraction of sp³-hybridized carbons (Fsp3) is 0.387. The molecule has 0 spiro atoms. The second kappa shape index (κ2) is 11.8. The van der Waals surface area contributed by atoms with Crippen LogP contribution in [0.15, 0.2) is 55.1 Å². The van der Waals surface area contributed by atoms with Crippen LogP contribution >= 0.6 is 0 Å². The number of rotatable bonds is 8. The largest absolute Gasteiger partial charge is 0.340 e. The molecular weight excluding hydrogens is 514 g/mol. The Morgan fingerprint density at radius 3 is 2.51 bits per heavy atom. The predicted octanol–water partition coefficient (Wildman–Crippen LogP) is 4.71. The number of hydrogen-bond acceptors (Lipinski definition) is 9. The number of aromatic nitrogens is 5. The molecule has 3 aromatic heterocycles. The number of ketones is 1. The average Bonchev–Trinajstić information content (AvgIpc) is 3.31. The second-order valence-electron chi connectivity index (χ2n) is 11.8. The predicted molar refractivity (Wildman–Crippen MR) is 162 cm³/mol. The summed E-state index contributed by atoms with van der Waals surface area (Å²) in [7, 11) is 2.13. The molecule has 1 fully saturated rings. The van der Waals surface area contributed by atoms with Crippen LogP contribution in [0, 0.1) is 13.8 Å². The standard InChI is InChI=1S/C31H39N9O/c1-21-7-8-24(27(41)15-23-14-25(19-32-18-23)31(3,4)5)16-26(21)35-30-13-22(2)36-40(30)29-17-28(33-20-34-29)37-39-11-9-38(6)10-12-39/h7-8,13-14,16-20,35H,9-12,15H2,1-6H3,(H,33,34,37). The minimum Gasteiger partial charge on any atom is -0.340 e. The van der Waals surface area contributed by atoms with E-state index in [1.165, 1.54) is 0 Å².